The monoisotopic (exact) mass is 495 g/mol. The average molecular weight is 496 g/mol. The first kappa shape index (κ1) is 21.7. The van der Waals surface area contributed by atoms with Gasteiger partial charge in [-0.15, -0.1) is 0 Å². The van der Waals surface area contributed by atoms with Crippen LogP contribution in [-0.2, 0) is 0 Å². The molecule has 1 saturated carbocycles. The number of rotatable bonds is 5. The lowest BCUT2D eigenvalue weighted by atomic mass is 10.0. The van der Waals surface area contributed by atoms with Crippen LogP contribution < -0.4 is 10.6 Å². The summed E-state index contributed by atoms with van der Waals surface area (Å²) < 4.78 is 0. The summed E-state index contributed by atoms with van der Waals surface area (Å²) in [6.45, 7) is 2.04. The maximum Gasteiger partial charge on any atom is 0.163 e. The Balaban J connectivity index is 1.39. The Hall–Kier alpha value is -3.55. The SMILES string of the molecule is Clc1ccccc1-c1cc2c(-c3nc(NC4CCNCC4)c4c(C5CC5)cncc4n3)ccnc2[nH]1. The number of halogens is 1. The van der Waals surface area contributed by atoms with Crippen LogP contribution in [0.1, 0.15) is 37.2 Å². The molecule has 0 amide bonds. The summed E-state index contributed by atoms with van der Waals surface area (Å²) in [5, 5.41) is 10.0. The Morgan fingerprint density at radius 3 is 2.64 bits per heavy atom. The van der Waals surface area contributed by atoms with Crippen LogP contribution in [0.3, 0.4) is 0 Å². The fourth-order valence-electron chi connectivity index (χ4n) is 5.24. The van der Waals surface area contributed by atoms with Gasteiger partial charge in [0.25, 0.3) is 0 Å². The van der Waals surface area contributed by atoms with Crippen LogP contribution in [0.2, 0.25) is 5.02 Å². The number of nitrogens with zero attached hydrogens (tertiary/aromatic N) is 4. The zero-order chi connectivity index (χ0) is 24.1. The molecule has 1 aliphatic heterocycles. The van der Waals surface area contributed by atoms with E-state index < -0.39 is 0 Å². The van der Waals surface area contributed by atoms with Gasteiger partial charge >= 0.3 is 0 Å². The van der Waals surface area contributed by atoms with Crippen molar-refractivity contribution in [2.45, 2.75) is 37.6 Å². The van der Waals surface area contributed by atoms with E-state index in [0.29, 0.717) is 22.8 Å². The van der Waals surface area contributed by atoms with Gasteiger partial charge in [0.1, 0.15) is 11.5 Å². The van der Waals surface area contributed by atoms with Gasteiger partial charge in [0.2, 0.25) is 0 Å². The molecular formula is C28H26ClN7. The Morgan fingerprint density at radius 2 is 1.81 bits per heavy atom. The zero-order valence-electron chi connectivity index (χ0n) is 19.8. The smallest absolute Gasteiger partial charge is 0.163 e. The molecule has 2 fully saturated rings. The van der Waals surface area contributed by atoms with Crippen molar-refractivity contribution in [1.29, 1.82) is 0 Å². The molecule has 7 nitrogen and oxygen atoms in total. The molecule has 5 heterocycles. The first-order valence-electron chi connectivity index (χ1n) is 12.6. The van der Waals surface area contributed by atoms with Crippen molar-refractivity contribution in [1.82, 2.24) is 30.2 Å². The Bertz CT molecular complexity index is 1580. The van der Waals surface area contributed by atoms with Gasteiger partial charge in [-0.2, -0.15) is 0 Å². The van der Waals surface area contributed by atoms with Gasteiger partial charge < -0.3 is 15.6 Å². The molecule has 7 rings (SSSR count). The van der Waals surface area contributed by atoms with Crippen LogP contribution >= 0.6 is 11.6 Å². The Labute approximate surface area is 213 Å². The maximum absolute atomic E-state index is 6.48. The van der Waals surface area contributed by atoms with E-state index in [2.05, 4.69) is 31.7 Å². The third kappa shape index (κ3) is 3.88. The van der Waals surface area contributed by atoms with E-state index in [9.17, 15) is 0 Å². The molecule has 5 aromatic rings. The molecule has 1 saturated heterocycles. The second-order valence-electron chi connectivity index (χ2n) is 9.75. The van der Waals surface area contributed by atoms with Crippen molar-refractivity contribution in [2.24, 2.45) is 0 Å². The maximum atomic E-state index is 6.48. The van der Waals surface area contributed by atoms with Crippen molar-refractivity contribution < 1.29 is 0 Å². The molecule has 36 heavy (non-hydrogen) atoms. The normalized spacial score (nSPS) is 16.6. The van der Waals surface area contributed by atoms with E-state index in [1.165, 1.54) is 18.4 Å². The topological polar surface area (TPSA) is 91.4 Å². The first-order valence-corrected chi connectivity index (χ1v) is 13.0. The largest absolute Gasteiger partial charge is 0.367 e. The lowest BCUT2D eigenvalue weighted by Gasteiger charge is -2.25. The highest BCUT2D eigenvalue weighted by Crippen LogP contribution is 2.44. The number of pyridine rings is 2. The summed E-state index contributed by atoms with van der Waals surface area (Å²) in [5.41, 5.74) is 5.72. The summed E-state index contributed by atoms with van der Waals surface area (Å²) >= 11 is 6.48. The number of hydrogen-bond acceptors (Lipinski definition) is 6. The standard InChI is InChI=1S/C28H26ClN7/c29-22-4-2-1-3-19(22)23-13-20-18(9-12-32-26(20)34-23)27-35-24-15-31-14-21(16-5-6-16)25(24)28(36-27)33-17-7-10-30-11-8-17/h1-4,9,12-17,30H,5-8,10-11H2,(H,32,34)(H,33,35,36). The van der Waals surface area contributed by atoms with Gasteiger partial charge in [0, 0.05) is 51.1 Å². The number of H-pyrrole nitrogens is 1. The molecule has 3 N–H and O–H groups in total. The highest BCUT2D eigenvalue weighted by atomic mass is 35.5. The highest BCUT2D eigenvalue weighted by Gasteiger charge is 2.28. The third-order valence-electron chi connectivity index (χ3n) is 7.27. The number of aromatic amines is 1. The molecule has 8 heteroatoms. The van der Waals surface area contributed by atoms with Gasteiger partial charge in [-0.05, 0) is 68.5 Å². The van der Waals surface area contributed by atoms with Gasteiger partial charge in [-0.3, -0.25) is 4.98 Å². The summed E-state index contributed by atoms with van der Waals surface area (Å²) in [5.74, 6) is 2.14. The van der Waals surface area contributed by atoms with Crippen molar-refractivity contribution >= 4 is 39.4 Å². The molecule has 0 atom stereocenters. The molecular weight excluding hydrogens is 470 g/mol. The minimum Gasteiger partial charge on any atom is -0.367 e. The second-order valence-corrected chi connectivity index (χ2v) is 10.2. The number of hydrogen-bond donors (Lipinski definition) is 3. The van der Waals surface area contributed by atoms with E-state index in [4.69, 9.17) is 21.6 Å². The number of nitrogens with one attached hydrogen (secondary N) is 3. The number of benzene rings is 1. The van der Waals surface area contributed by atoms with Crippen LogP contribution in [0.5, 0.6) is 0 Å². The minimum absolute atomic E-state index is 0.383. The minimum atomic E-state index is 0.383. The number of piperidine rings is 1. The molecule has 0 bridgehead atoms. The fraction of sp³-hybridized carbons (Fsp3) is 0.286. The predicted molar refractivity (Wildman–Crippen MR) is 144 cm³/mol. The van der Waals surface area contributed by atoms with E-state index >= 15 is 0 Å². The summed E-state index contributed by atoms with van der Waals surface area (Å²) in [6, 6.07) is 12.3. The van der Waals surface area contributed by atoms with Crippen LogP contribution in [0.25, 0.3) is 44.6 Å². The van der Waals surface area contributed by atoms with E-state index in [1.54, 1.807) is 6.20 Å². The van der Waals surface area contributed by atoms with Crippen LogP contribution in [0, 0.1) is 0 Å². The molecule has 180 valence electrons. The first-order chi connectivity index (χ1) is 17.7. The molecule has 4 aromatic heterocycles. The summed E-state index contributed by atoms with van der Waals surface area (Å²) in [6.07, 6.45) is 10.2. The van der Waals surface area contributed by atoms with Crippen molar-refractivity contribution in [3.8, 4) is 22.6 Å². The van der Waals surface area contributed by atoms with Gasteiger partial charge in [-0.1, -0.05) is 29.8 Å². The van der Waals surface area contributed by atoms with Gasteiger partial charge in [0.05, 0.1) is 11.7 Å². The van der Waals surface area contributed by atoms with E-state index in [-0.39, 0.29) is 0 Å². The predicted octanol–water partition coefficient (Wildman–Crippen LogP) is 5.93. The molecule has 1 aromatic carbocycles. The van der Waals surface area contributed by atoms with Crippen molar-refractivity contribution in [3.05, 3.63) is 65.6 Å². The number of aromatic nitrogens is 5. The third-order valence-corrected chi connectivity index (χ3v) is 7.60. The molecule has 0 unspecified atom stereocenters. The quantitative estimate of drug-likeness (QED) is 0.280. The van der Waals surface area contributed by atoms with Crippen molar-refractivity contribution in [3.63, 3.8) is 0 Å². The second kappa shape index (κ2) is 8.84. The zero-order valence-corrected chi connectivity index (χ0v) is 20.5. The van der Waals surface area contributed by atoms with E-state index in [1.807, 2.05) is 42.7 Å². The average Bonchev–Trinajstić information content (AvgIpc) is 3.67. The summed E-state index contributed by atoms with van der Waals surface area (Å²) in [7, 11) is 0. The van der Waals surface area contributed by atoms with Crippen LogP contribution in [0.4, 0.5) is 5.82 Å². The Kier molecular flexibility index (Phi) is 5.33. The Morgan fingerprint density at radius 1 is 0.944 bits per heavy atom. The van der Waals surface area contributed by atoms with Gasteiger partial charge in [0.15, 0.2) is 5.82 Å². The highest BCUT2D eigenvalue weighted by molar-refractivity contribution is 6.33. The van der Waals surface area contributed by atoms with E-state index in [0.717, 1.165) is 70.5 Å². The lowest BCUT2D eigenvalue weighted by Crippen LogP contribution is -2.35. The summed E-state index contributed by atoms with van der Waals surface area (Å²) in [4.78, 5) is 22.7. The molecule has 2 aliphatic rings. The van der Waals surface area contributed by atoms with Gasteiger partial charge in [-0.25, -0.2) is 15.0 Å². The fourth-order valence-corrected chi connectivity index (χ4v) is 5.48. The molecule has 0 spiro atoms. The number of fused-ring (bicyclic) bond motifs is 2. The molecule has 0 radical (unpaired) electrons. The number of anilines is 1. The van der Waals surface area contributed by atoms with Crippen LogP contribution in [-0.4, -0.2) is 44.1 Å². The van der Waals surface area contributed by atoms with Crippen molar-refractivity contribution in [2.75, 3.05) is 18.4 Å². The lowest BCUT2D eigenvalue weighted by molar-refractivity contribution is 0.478. The van der Waals surface area contributed by atoms with Crippen LogP contribution in [0.15, 0.2) is 55.0 Å². The molecule has 1 aliphatic carbocycles.